The molecular formula is C27H24N6O2. The Kier molecular flexibility index (Phi) is 7.65. The van der Waals surface area contributed by atoms with Crippen LogP contribution in [0.3, 0.4) is 0 Å². The van der Waals surface area contributed by atoms with Gasteiger partial charge in [0.15, 0.2) is 0 Å². The fourth-order valence-electron chi connectivity index (χ4n) is 3.04. The van der Waals surface area contributed by atoms with E-state index in [-0.39, 0.29) is 0 Å². The first-order chi connectivity index (χ1) is 17.1. The lowest BCUT2D eigenvalue weighted by atomic mass is 10.2. The van der Waals surface area contributed by atoms with Gasteiger partial charge in [-0.15, -0.1) is 0 Å². The number of hydrogen-bond acceptors (Lipinski definition) is 8. The van der Waals surface area contributed by atoms with Gasteiger partial charge < -0.3 is 9.47 Å². The molecule has 4 aromatic carbocycles. The van der Waals surface area contributed by atoms with Crippen LogP contribution in [0.2, 0.25) is 0 Å². The van der Waals surface area contributed by atoms with Crippen molar-refractivity contribution in [3.05, 3.63) is 96.6 Å². The van der Waals surface area contributed by atoms with E-state index < -0.39 is 0 Å². The maximum atomic E-state index is 5.15. The molecule has 35 heavy (non-hydrogen) atoms. The Morgan fingerprint density at radius 1 is 0.429 bits per heavy atom. The fourth-order valence-corrected chi connectivity index (χ4v) is 3.04. The number of azo groups is 3. The topological polar surface area (TPSA) is 92.6 Å². The van der Waals surface area contributed by atoms with E-state index in [2.05, 4.69) is 30.7 Å². The largest absolute Gasteiger partial charge is 0.497 e. The summed E-state index contributed by atoms with van der Waals surface area (Å²) in [4.78, 5) is 0. The van der Waals surface area contributed by atoms with Crippen molar-refractivity contribution >= 4 is 34.1 Å². The number of rotatable bonds is 8. The molecule has 8 nitrogen and oxygen atoms in total. The molecule has 8 heteroatoms. The molecule has 0 unspecified atom stereocenters. The van der Waals surface area contributed by atoms with E-state index in [1.165, 1.54) is 0 Å². The van der Waals surface area contributed by atoms with Gasteiger partial charge in [0.25, 0.3) is 0 Å². The average molecular weight is 465 g/mol. The van der Waals surface area contributed by atoms with Crippen LogP contribution >= 0.6 is 0 Å². The first-order valence-corrected chi connectivity index (χ1v) is 10.9. The van der Waals surface area contributed by atoms with E-state index in [1.54, 1.807) is 14.2 Å². The zero-order chi connectivity index (χ0) is 24.5. The molecule has 0 spiro atoms. The zero-order valence-electron chi connectivity index (χ0n) is 19.7. The molecule has 0 aliphatic carbocycles. The van der Waals surface area contributed by atoms with Crippen LogP contribution in [-0.2, 0) is 0 Å². The number of methoxy groups -OCH3 is 2. The Hall–Kier alpha value is -4.72. The summed E-state index contributed by atoms with van der Waals surface area (Å²) in [6.07, 6.45) is 0. The van der Waals surface area contributed by atoms with Crippen molar-refractivity contribution < 1.29 is 9.47 Å². The number of nitrogens with zero attached hydrogens (tertiary/aromatic N) is 6. The minimum Gasteiger partial charge on any atom is -0.497 e. The minimum absolute atomic E-state index is 0.719. The van der Waals surface area contributed by atoms with Crippen molar-refractivity contribution in [2.75, 3.05) is 14.2 Å². The van der Waals surface area contributed by atoms with E-state index in [1.807, 2.05) is 97.9 Å². The minimum atomic E-state index is 0.719. The van der Waals surface area contributed by atoms with Gasteiger partial charge >= 0.3 is 0 Å². The maximum Gasteiger partial charge on any atom is 0.119 e. The van der Waals surface area contributed by atoms with Crippen LogP contribution in [0.4, 0.5) is 34.1 Å². The van der Waals surface area contributed by atoms with Gasteiger partial charge in [0, 0.05) is 0 Å². The van der Waals surface area contributed by atoms with Crippen LogP contribution in [-0.4, -0.2) is 14.2 Å². The molecule has 0 atom stereocenters. The lowest BCUT2D eigenvalue weighted by Crippen LogP contribution is -1.79. The lowest BCUT2D eigenvalue weighted by molar-refractivity contribution is 0.414. The monoisotopic (exact) mass is 464 g/mol. The van der Waals surface area contributed by atoms with E-state index in [0.717, 1.165) is 51.2 Å². The highest BCUT2D eigenvalue weighted by molar-refractivity contribution is 5.54. The summed E-state index contributed by atoms with van der Waals surface area (Å²) in [5.74, 6) is 1.56. The second-order valence-corrected chi connectivity index (χ2v) is 7.48. The second-order valence-electron chi connectivity index (χ2n) is 7.48. The third kappa shape index (κ3) is 6.64. The number of ether oxygens (including phenoxy) is 2. The number of aryl methyl sites for hydroxylation is 1. The Labute approximate surface area is 203 Å². The average Bonchev–Trinajstić information content (AvgIpc) is 2.91. The lowest BCUT2D eigenvalue weighted by Gasteiger charge is -2.01. The summed E-state index contributed by atoms with van der Waals surface area (Å²) in [6.45, 7) is 1.96. The highest BCUT2D eigenvalue weighted by Crippen LogP contribution is 2.29. The molecule has 0 saturated carbocycles. The van der Waals surface area contributed by atoms with E-state index in [9.17, 15) is 0 Å². The van der Waals surface area contributed by atoms with Crippen molar-refractivity contribution in [3.63, 3.8) is 0 Å². The van der Waals surface area contributed by atoms with Crippen LogP contribution in [0.15, 0.2) is 122 Å². The molecule has 0 saturated heterocycles. The molecule has 4 rings (SSSR count). The molecule has 0 fully saturated rings. The van der Waals surface area contributed by atoms with E-state index >= 15 is 0 Å². The number of benzene rings is 4. The predicted octanol–water partition coefficient (Wildman–Crippen LogP) is 9.26. The van der Waals surface area contributed by atoms with Gasteiger partial charge in [-0.1, -0.05) is 0 Å². The normalized spacial score (nSPS) is 11.5. The molecule has 0 heterocycles. The van der Waals surface area contributed by atoms with Gasteiger partial charge in [-0.25, -0.2) is 0 Å². The van der Waals surface area contributed by atoms with Crippen LogP contribution in [0.1, 0.15) is 5.56 Å². The molecule has 0 radical (unpaired) electrons. The summed E-state index contributed by atoms with van der Waals surface area (Å²) in [5, 5.41) is 25.7. The van der Waals surface area contributed by atoms with Gasteiger partial charge in [0.1, 0.15) is 11.5 Å². The van der Waals surface area contributed by atoms with Crippen LogP contribution in [0.25, 0.3) is 0 Å². The molecule has 174 valence electrons. The maximum absolute atomic E-state index is 5.15. The van der Waals surface area contributed by atoms with Crippen LogP contribution < -0.4 is 9.47 Å². The Morgan fingerprint density at radius 3 is 1.17 bits per heavy atom. The first-order valence-electron chi connectivity index (χ1n) is 10.9. The van der Waals surface area contributed by atoms with Crippen LogP contribution in [0.5, 0.6) is 11.5 Å². The third-order valence-corrected chi connectivity index (χ3v) is 5.01. The highest BCUT2D eigenvalue weighted by atomic mass is 16.5. The van der Waals surface area contributed by atoms with Crippen molar-refractivity contribution in [1.82, 2.24) is 0 Å². The smallest absolute Gasteiger partial charge is 0.119 e. The Balaban J connectivity index is 1.37. The van der Waals surface area contributed by atoms with Crippen molar-refractivity contribution in [1.29, 1.82) is 0 Å². The van der Waals surface area contributed by atoms with Gasteiger partial charge in [-0.2, -0.15) is 30.7 Å². The van der Waals surface area contributed by atoms with Gasteiger partial charge in [-0.3, -0.25) is 0 Å². The van der Waals surface area contributed by atoms with Crippen molar-refractivity contribution in [2.24, 2.45) is 30.7 Å². The van der Waals surface area contributed by atoms with Gasteiger partial charge in [0.2, 0.25) is 0 Å². The summed E-state index contributed by atoms with van der Waals surface area (Å²) in [5.41, 5.74) is 5.39. The highest BCUT2D eigenvalue weighted by Gasteiger charge is 2.00. The zero-order valence-corrected chi connectivity index (χ0v) is 19.7. The Morgan fingerprint density at radius 2 is 0.771 bits per heavy atom. The third-order valence-electron chi connectivity index (χ3n) is 5.01. The molecular weight excluding hydrogens is 440 g/mol. The summed E-state index contributed by atoms with van der Waals surface area (Å²) < 4.78 is 10.3. The standard InChI is InChI=1S/C27H24N6O2/c1-19-18-24(32-30-23-10-15-26(35-3)16-11-23)12-17-27(19)33-31-21-6-4-20(5-7-21)28-29-22-8-13-25(34-2)14-9-22/h4-18H,1-3H3. The van der Waals surface area contributed by atoms with Crippen molar-refractivity contribution in [2.45, 2.75) is 6.92 Å². The van der Waals surface area contributed by atoms with E-state index in [0.29, 0.717) is 0 Å². The molecule has 0 aliphatic rings. The molecule has 4 aromatic rings. The SMILES string of the molecule is COc1ccc(N=Nc2ccc(N=Nc3ccc(N=Nc4ccc(OC)cc4)cc3C)cc2)cc1. The van der Waals surface area contributed by atoms with Crippen LogP contribution in [0, 0.1) is 6.92 Å². The summed E-state index contributed by atoms with van der Waals surface area (Å²) >= 11 is 0. The first kappa shape index (κ1) is 23.4. The second kappa shape index (κ2) is 11.4. The predicted molar refractivity (Wildman–Crippen MR) is 136 cm³/mol. The van der Waals surface area contributed by atoms with Gasteiger partial charge in [-0.05, 0) is 103 Å². The molecule has 0 aromatic heterocycles. The summed E-state index contributed by atoms with van der Waals surface area (Å²) in [7, 11) is 3.26. The molecule has 0 N–H and O–H groups in total. The molecule has 0 aliphatic heterocycles. The quantitative estimate of drug-likeness (QED) is 0.243. The fraction of sp³-hybridized carbons (Fsp3) is 0.111. The van der Waals surface area contributed by atoms with Gasteiger partial charge in [0.05, 0.1) is 48.3 Å². The molecule has 0 bridgehead atoms. The van der Waals surface area contributed by atoms with Crippen molar-refractivity contribution in [3.8, 4) is 11.5 Å². The summed E-state index contributed by atoms with van der Waals surface area (Å²) in [6, 6.07) is 27.8. The van der Waals surface area contributed by atoms with E-state index in [4.69, 9.17) is 9.47 Å². The molecule has 0 amide bonds. The number of hydrogen-bond donors (Lipinski definition) is 0. The Bertz CT molecular complexity index is 1350.